The maximum atomic E-state index is 12.8. The molecule has 35 heavy (non-hydrogen) atoms. The van der Waals surface area contributed by atoms with Gasteiger partial charge in [0.1, 0.15) is 28.4 Å². The number of aromatic nitrogens is 3. The maximum Gasteiger partial charge on any atom is 0.404 e. The lowest BCUT2D eigenvalue weighted by Crippen LogP contribution is -2.42. The van der Waals surface area contributed by atoms with Crippen molar-refractivity contribution in [1.82, 2.24) is 19.3 Å². The van der Waals surface area contributed by atoms with Gasteiger partial charge in [-0.25, -0.2) is 13.4 Å². The van der Waals surface area contributed by atoms with Gasteiger partial charge in [-0.15, -0.1) is 0 Å². The Morgan fingerprint density at radius 1 is 1.34 bits per heavy atom. The standard InChI is InChI=1S/C23H24F3N5O3S/c1-4-18-20(34-3)10-16-17(11-27)21(31(22(16)29-18)14-6-5-7-14)19-9-8-15(12-28-19)35(32,33)30-13(2)23(24,25)26/h8-10,12-14,30H,4-7H2,1-3H3. The topological polar surface area (TPSA) is 110 Å². The summed E-state index contributed by atoms with van der Waals surface area (Å²) in [7, 11) is -2.92. The smallest absolute Gasteiger partial charge is 0.404 e. The highest BCUT2D eigenvalue weighted by Gasteiger charge is 2.39. The highest BCUT2D eigenvalue weighted by atomic mass is 32.2. The quantitative estimate of drug-likeness (QED) is 0.505. The van der Waals surface area contributed by atoms with E-state index in [1.807, 2.05) is 11.5 Å². The van der Waals surface area contributed by atoms with E-state index in [2.05, 4.69) is 11.1 Å². The van der Waals surface area contributed by atoms with Crippen LogP contribution >= 0.6 is 0 Å². The molecule has 0 radical (unpaired) electrons. The zero-order valence-electron chi connectivity index (χ0n) is 19.3. The predicted molar refractivity (Wildman–Crippen MR) is 122 cm³/mol. The van der Waals surface area contributed by atoms with Gasteiger partial charge in [0.05, 0.1) is 29.8 Å². The van der Waals surface area contributed by atoms with E-state index in [0.29, 0.717) is 40.2 Å². The normalized spacial score (nSPS) is 15.6. The molecular weight excluding hydrogens is 483 g/mol. The van der Waals surface area contributed by atoms with E-state index in [9.17, 15) is 26.9 Å². The number of hydrogen-bond donors (Lipinski definition) is 1. The number of methoxy groups -OCH3 is 1. The van der Waals surface area contributed by atoms with Crippen LogP contribution in [0.3, 0.4) is 0 Å². The van der Waals surface area contributed by atoms with E-state index in [4.69, 9.17) is 9.72 Å². The molecule has 186 valence electrons. The van der Waals surface area contributed by atoms with E-state index in [1.165, 1.54) is 19.2 Å². The summed E-state index contributed by atoms with van der Waals surface area (Å²) >= 11 is 0. The Morgan fingerprint density at radius 2 is 2.06 bits per heavy atom. The van der Waals surface area contributed by atoms with Crippen LogP contribution < -0.4 is 9.46 Å². The van der Waals surface area contributed by atoms with Crippen LogP contribution in [-0.4, -0.2) is 42.3 Å². The molecule has 1 atom stereocenters. The molecule has 12 heteroatoms. The first-order chi connectivity index (χ1) is 16.5. The monoisotopic (exact) mass is 507 g/mol. The summed E-state index contributed by atoms with van der Waals surface area (Å²) < 4.78 is 72.4. The maximum absolute atomic E-state index is 12.8. The van der Waals surface area contributed by atoms with Crippen LogP contribution in [0.2, 0.25) is 0 Å². The fourth-order valence-corrected chi connectivity index (χ4v) is 5.26. The molecule has 1 unspecified atom stereocenters. The minimum atomic E-state index is -4.72. The molecule has 3 aromatic heterocycles. The van der Waals surface area contributed by atoms with Gasteiger partial charge < -0.3 is 9.30 Å². The van der Waals surface area contributed by atoms with E-state index < -0.39 is 27.1 Å². The lowest BCUT2D eigenvalue weighted by molar-refractivity contribution is -0.147. The number of fused-ring (bicyclic) bond motifs is 1. The van der Waals surface area contributed by atoms with Crippen LogP contribution in [0.4, 0.5) is 13.2 Å². The number of pyridine rings is 2. The molecule has 8 nitrogen and oxygen atoms in total. The van der Waals surface area contributed by atoms with Crippen molar-refractivity contribution in [1.29, 1.82) is 5.26 Å². The zero-order valence-corrected chi connectivity index (χ0v) is 20.2. The molecular formula is C23H24F3N5O3S. The molecule has 0 aliphatic heterocycles. The van der Waals surface area contributed by atoms with Gasteiger partial charge in [-0.05, 0) is 50.8 Å². The van der Waals surface area contributed by atoms with Crippen molar-refractivity contribution >= 4 is 21.1 Å². The van der Waals surface area contributed by atoms with E-state index in [1.54, 1.807) is 10.8 Å². The fourth-order valence-electron chi connectivity index (χ4n) is 4.09. The second kappa shape index (κ2) is 9.13. The van der Waals surface area contributed by atoms with Crippen molar-refractivity contribution in [2.75, 3.05) is 7.11 Å². The average molecular weight is 508 g/mol. The summed E-state index contributed by atoms with van der Waals surface area (Å²) in [5.74, 6) is 0.563. The van der Waals surface area contributed by atoms with Gasteiger partial charge in [-0.2, -0.15) is 23.2 Å². The van der Waals surface area contributed by atoms with E-state index in [0.717, 1.165) is 38.1 Å². The third-order valence-corrected chi connectivity index (χ3v) is 7.76. The molecule has 3 aromatic rings. The van der Waals surface area contributed by atoms with Crippen LogP contribution in [0.1, 0.15) is 50.4 Å². The van der Waals surface area contributed by atoms with Crippen molar-refractivity contribution < 1.29 is 26.3 Å². The number of sulfonamides is 1. The molecule has 0 saturated heterocycles. The van der Waals surface area contributed by atoms with Crippen LogP contribution in [-0.2, 0) is 16.4 Å². The van der Waals surface area contributed by atoms with Crippen molar-refractivity contribution in [3.63, 3.8) is 0 Å². The zero-order chi connectivity index (χ0) is 25.5. The molecule has 3 heterocycles. The van der Waals surface area contributed by atoms with Crippen LogP contribution in [0, 0.1) is 11.3 Å². The average Bonchev–Trinajstić information content (AvgIpc) is 3.09. The molecule has 1 N–H and O–H groups in total. The molecule has 0 spiro atoms. The lowest BCUT2D eigenvalue weighted by Gasteiger charge is -2.29. The molecule has 0 amide bonds. The van der Waals surface area contributed by atoms with Crippen molar-refractivity contribution in [3.8, 4) is 23.2 Å². The summed E-state index contributed by atoms with van der Waals surface area (Å²) in [6, 6.07) is 4.42. The number of nitrogens with zero attached hydrogens (tertiary/aromatic N) is 4. The van der Waals surface area contributed by atoms with Crippen LogP contribution in [0.25, 0.3) is 22.4 Å². The minimum absolute atomic E-state index is 0.0970. The number of aryl methyl sites for hydroxylation is 1. The highest BCUT2D eigenvalue weighted by molar-refractivity contribution is 7.89. The first-order valence-corrected chi connectivity index (χ1v) is 12.6. The van der Waals surface area contributed by atoms with Gasteiger partial charge in [-0.3, -0.25) is 4.98 Å². The number of nitriles is 1. The summed E-state index contributed by atoms with van der Waals surface area (Å²) in [4.78, 5) is 8.62. The number of hydrogen-bond acceptors (Lipinski definition) is 6. The summed E-state index contributed by atoms with van der Waals surface area (Å²) in [6.45, 7) is 2.68. The number of nitrogens with one attached hydrogen (secondary N) is 1. The third kappa shape index (κ3) is 4.46. The van der Waals surface area contributed by atoms with Gasteiger partial charge in [0.15, 0.2) is 0 Å². The first kappa shape index (κ1) is 24.9. The van der Waals surface area contributed by atoms with Crippen molar-refractivity contribution in [2.24, 2.45) is 0 Å². The molecule has 1 aliphatic carbocycles. The van der Waals surface area contributed by atoms with Gasteiger partial charge in [0, 0.05) is 17.6 Å². The molecule has 1 aliphatic rings. The number of alkyl halides is 3. The second-order valence-corrected chi connectivity index (χ2v) is 10.1. The summed E-state index contributed by atoms with van der Waals surface area (Å²) in [5.41, 5.74) is 2.51. The van der Waals surface area contributed by atoms with Crippen LogP contribution in [0.15, 0.2) is 29.3 Å². The molecule has 1 saturated carbocycles. The van der Waals surface area contributed by atoms with Crippen molar-refractivity contribution in [2.45, 2.75) is 62.7 Å². The van der Waals surface area contributed by atoms with Gasteiger partial charge in [-0.1, -0.05) is 6.92 Å². The summed E-state index contributed by atoms with van der Waals surface area (Å²) in [5, 5.41) is 10.6. The Labute approximate surface area is 200 Å². The highest BCUT2D eigenvalue weighted by Crippen LogP contribution is 2.42. The first-order valence-electron chi connectivity index (χ1n) is 11.1. The van der Waals surface area contributed by atoms with Gasteiger partial charge in [0.25, 0.3) is 0 Å². The number of ether oxygens (including phenoxy) is 1. The minimum Gasteiger partial charge on any atom is -0.495 e. The Morgan fingerprint density at radius 3 is 2.54 bits per heavy atom. The predicted octanol–water partition coefficient (Wildman–Crippen LogP) is 4.50. The Bertz CT molecular complexity index is 1410. The Hall–Kier alpha value is -3.17. The molecule has 4 rings (SSSR count). The number of rotatable bonds is 7. The van der Waals surface area contributed by atoms with Gasteiger partial charge in [0.2, 0.25) is 10.0 Å². The van der Waals surface area contributed by atoms with Crippen molar-refractivity contribution in [3.05, 3.63) is 35.7 Å². The SMILES string of the molecule is CCc1nc2c(cc1OC)c(C#N)c(-c1ccc(S(=O)(=O)NC(C)C(F)(F)F)cn1)n2C1CCC1. The summed E-state index contributed by atoms with van der Waals surface area (Å²) in [6.07, 6.45) is -0.297. The third-order valence-electron chi connectivity index (χ3n) is 6.24. The largest absolute Gasteiger partial charge is 0.495 e. The number of halogens is 3. The van der Waals surface area contributed by atoms with E-state index in [-0.39, 0.29) is 6.04 Å². The van der Waals surface area contributed by atoms with E-state index >= 15 is 0 Å². The van der Waals surface area contributed by atoms with Crippen LogP contribution in [0.5, 0.6) is 5.75 Å². The molecule has 1 fully saturated rings. The molecule has 0 aromatic carbocycles. The second-order valence-electron chi connectivity index (χ2n) is 8.42. The lowest BCUT2D eigenvalue weighted by atomic mass is 9.92. The van der Waals surface area contributed by atoms with Gasteiger partial charge >= 0.3 is 6.18 Å². The molecule has 0 bridgehead atoms. The fraction of sp³-hybridized carbons (Fsp3) is 0.435. The Kier molecular flexibility index (Phi) is 6.50. The Balaban J connectivity index is 1.85.